The lowest BCUT2D eigenvalue weighted by Crippen LogP contribution is -2.42. The molecule has 0 bridgehead atoms. The van der Waals surface area contributed by atoms with Crippen LogP contribution >= 0.6 is 0 Å². The molecule has 0 aromatic carbocycles. The number of hydrogen-bond donors (Lipinski definition) is 2. The van der Waals surface area contributed by atoms with Gasteiger partial charge < -0.3 is 11.1 Å². The minimum absolute atomic E-state index is 0.0372. The third-order valence-corrected chi connectivity index (χ3v) is 2.36. The minimum Gasteiger partial charge on any atom is -0.369 e. The molecule has 0 atom stereocenters. The van der Waals surface area contributed by atoms with Crippen molar-refractivity contribution in [1.29, 1.82) is 0 Å². The van der Waals surface area contributed by atoms with Crippen molar-refractivity contribution in [2.45, 2.75) is 13.8 Å². The van der Waals surface area contributed by atoms with E-state index in [9.17, 15) is 14.0 Å². The Morgan fingerprint density at radius 2 is 2.18 bits per heavy atom. The third kappa shape index (κ3) is 3.24. The standard InChI is InChI=1S/C11H14FN3O2/c1-11(2,10(13)17)6-15-9(16)7-4-3-5-14-8(7)12/h3-5H,6H2,1-2H3,(H2,13,17)(H,15,16). The van der Waals surface area contributed by atoms with Gasteiger partial charge in [0.15, 0.2) is 0 Å². The van der Waals surface area contributed by atoms with Gasteiger partial charge in [0.25, 0.3) is 5.91 Å². The molecule has 0 saturated carbocycles. The number of nitrogens with zero attached hydrogens (tertiary/aromatic N) is 1. The minimum atomic E-state index is -0.881. The summed E-state index contributed by atoms with van der Waals surface area (Å²) < 4.78 is 13.2. The van der Waals surface area contributed by atoms with E-state index in [0.717, 1.165) is 0 Å². The van der Waals surface area contributed by atoms with Crippen LogP contribution in [0, 0.1) is 11.4 Å². The quantitative estimate of drug-likeness (QED) is 0.748. The van der Waals surface area contributed by atoms with E-state index in [-0.39, 0.29) is 12.1 Å². The van der Waals surface area contributed by atoms with Crippen LogP contribution in [0.15, 0.2) is 18.3 Å². The van der Waals surface area contributed by atoms with Gasteiger partial charge in [-0.2, -0.15) is 4.39 Å². The van der Waals surface area contributed by atoms with Crippen LogP contribution in [0.2, 0.25) is 0 Å². The SMILES string of the molecule is CC(C)(CNC(=O)c1cccnc1F)C(N)=O. The summed E-state index contributed by atoms with van der Waals surface area (Å²) >= 11 is 0. The molecule has 1 rings (SSSR count). The fourth-order valence-electron chi connectivity index (χ4n) is 1.04. The fourth-order valence-corrected chi connectivity index (χ4v) is 1.04. The summed E-state index contributed by atoms with van der Waals surface area (Å²) in [7, 11) is 0. The van der Waals surface area contributed by atoms with Gasteiger partial charge in [-0.15, -0.1) is 0 Å². The number of pyridine rings is 1. The van der Waals surface area contributed by atoms with E-state index in [0.29, 0.717) is 0 Å². The number of nitrogens with two attached hydrogens (primary N) is 1. The summed E-state index contributed by atoms with van der Waals surface area (Å²) in [4.78, 5) is 26.0. The molecule has 5 nitrogen and oxygen atoms in total. The molecule has 1 aromatic rings. The van der Waals surface area contributed by atoms with Crippen LogP contribution < -0.4 is 11.1 Å². The van der Waals surface area contributed by atoms with Crippen molar-refractivity contribution in [3.05, 3.63) is 29.8 Å². The van der Waals surface area contributed by atoms with Crippen molar-refractivity contribution < 1.29 is 14.0 Å². The van der Waals surface area contributed by atoms with Gasteiger partial charge >= 0.3 is 0 Å². The van der Waals surface area contributed by atoms with Crippen LogP contribution in [0.3, 0.4) is 0 Å². The maximum absolute atomic E-state index is 13.2. The fraction of sp³-hybridized carbons (Fsp3) is 0.364. The van der Waals surface area contributed by atoms with Crippen molar-refractivity contribution in [2.24, 2.45) is 11.1 Å². The van der Waals surface area contributed by atoms with E-state index in [2.05, 4.69) is 10.3 Å². The zero-order valence-electron chi connectivity index (χ0n) is 9.66. The van der Waals surface area contributed by atoms with E-state index in [1.807, 2.05) is 0 Å². The number of nitrogens with one attached hydrogen (secondary N) is 1. The molecule has 92 valence electrons. The largest absolute Gasteiger partial charge is 0.369 e. The highest BCUT2D eigenvalue weighted by Crippen LogP contribution is 2.12. The highest BCUT2D eigenvalue weighted by atomic mass is 19.1. The van der Waals surface area contributed by atoms with Gasteiger partial charge in [0.2, 0.25) is 11.9 Å². The van der Waals surface area contributed by atoms with E-state index >= 15 is 0 Å². The highest BCUT2D eigenvalue weighted by molar-refractivity contribution is 5.94. The number of amides is 2. The number of carbonyl (C=O) groups is 2. The van der Waals surface area contributed by atoms with Crippen molar-refractivity contribution in [1.82, 2.24) is 10.3 Å². The maximum atomic E-state index is 13.2. The normalized spacial score (nSPS) is 11.0. The topological polar surface area (TPSA) is 85.1 Å². The summed E-state index contributed by atoms with van der Waals surface area (Å²) in [5, 5.41) is 2.44. The van der Waals surface area contributed by atoms with Gasteiger partial charge in [0.05, 0.1) is 11.0 Å². The average molecular weight is 239 g/mol. The van der Waals surface area contributed by atoms with E-state index in [1.165, 1.54) is 18.3 Å². The van der Waals surface area contributed by atoms with Gasteiger partial charge in [0, 0.05) is 12.7 Å². The highest BCUT2D eigenvalue weighted by Gasteiger charge is 2.26. The van der Waals surface area contributed by atoms with Crippen LogP contribution in [0.5, 0.6) is 0 Å². The van der Waals surface area contributed by atoms with Crippen molar-refractivity contribution >= 4 is 11.8 Å². The summed E-state index contributed by atoms with van der Waals surface area (Å²) in [5.41, 5.74) is 4.11. The Bertz CT molecular complexity index is 446. The Morgan fingerprint density at radius 3 is 2.71 bits per heavy atom. The zero-order chi connectivity index (χ0) is 13.1. The Labute approximate surface area is 98.2 Å². The number of aromatic nitrogens is 1. The molecule has 6 heteroatoms. The van der Waals surface area contributed by atoms with Gasteiger partial charge in [0.1, 0.15) is 0 Å². The van der Waals surface area contributed by atoms with Crippen LogP contribution in [0.4, 0.5) is 4.39 Å². The van der Waals surface area contributed by atoms with Gasteiger partial charge in [-0.05, 0) is 26.0 Å². The Kier molecular flexibility index (Phi) is 3.77. The first-order valence-corrected chi connectivity index (χ1v) is 5.03. The summed E-state index contributed by atoms with van der Waals surface area (Å²) in [6.45, 7) is 3.22. The molecular weight excluding hydrogens is 225 g/mol. The maximum Gasteiger partial charge on any atom is 0.255 e. The lowest BCUT2D eigenvalue weighted by atomic mass is 9.93. The van der Waals surface area contributed by atoms with Crippen LogP contribution in [0.1, 0.15) is 24.2 Å². The lowest BCUT2D eigenvalue weighted by molar-refractivity contribution is -0.125. The molecule has 0 spiro atoms. The molecule has 1 aromatic heterocycles. The predicted molar refractivity (Wildman–Crippen MR) is 59.5 cm³/mol. The predicted octanol–water partition coefficient (Wildman–Crippen LogP) is 0.462. The first kappa shape index (κ1) is 13.1. The van der Waals surface area contributed by atoms with Crippen molar-refractivity contribution in [2.75, 3.05) is 6.54 Å². The third-order valence-electron chi connectivity index (χ3n) is 2.36. The van der Waals surface area contributed by atoms with Gasteiger partial charge in [-0.1, -0.05) is 0 Å². The number of halogens is 1. The lowest BCUT2D eigenvalue weighted by Gasteiger charge is -2.20. The monoisotopic (exact) mass is 239 g/mol. The Balaban J connectivity index is 2.69. The van der Waals surface area contributed by atoms with Gasteiger partial charge in [-0.3, -0.25) is 9.59 Å². The molecule has 0 unspecified atom stereocenters. The molecule has 3 N–H and O–H groups in total. The van der Waals surface area contributed by atoms with Gasteiger partial charge in [-0.25, -0.2) is 4.98 Å². The molecule has 2 amide bonds. The number of primary amides is 1. The van der Waals surface area contributed by atoms with Crippen LogP contribution in [-0.2, 0) is 4.79 Å². The van der Waals surface area contributed by atoms with Crippen LogP contribution in [0.25, 0.3) is 0 Å². The second-order valence-electron chi connectivity index (χ2n) is 4.27. The molecule has 0 radical (unpaired) electrons. The molecule has 0 saturated heterocycles. The van der Waals surface area contributed by atoms with Crippen molar-refractivity contribution in [3.63, 3.8) is 0 Å². The molecular formula is C11H14FN3O2. The first-order valence-electron chi connectivity index (χ1n) is 5.03. The Hall–Kier alpha value is -1.98. The number of carbonyl (C=O) groups excluding carboxylic acids is 2. The van der Waals surface area contributed by atoms with E-state index in [4.69, 9.17) is 5.73 Å². The molecule has 0 aliphatic rings. The van der Waals surface area contributed by atoms with E-state index in [1.54, 1.807) is 13.8 Å². The van der Waals surface area contributed by atoms with Crippen molar-refractivity contribution in [3.8, 4) is 0 Å². The second kappa shape index (κ2) is 4.90. The summed E-state index contributed by atoms with van der Waals surface area (Å²) in [6, 6.07) is 2.77. The summed E-state index contributed by atoms with van der Waals surface area (Å²) in [6.07, 6.45) is 1.25. The molecule has 0 aliphatic heterocycles. The first-order chi connectivity index (χ1) is 7.84. The smallest absolute Gasteiger partial charge is 0.255 e. The summed E-state index contributed by atoms with van der Waals surface area (Å²) in [5.74, 6) is -2.00. The number of hydrogen-bond acceptors (Lipinski definition) is 3. The number of rotatable bonds is 4. The zero-order valence-corrected chi connectivity index (χ0v) is 9.66. The molecule has 1 heterocycles. The van der Waals surface area contributed by atoms with Crippen LogP contribution in [-0.4, -0.2) is 23.3 Å². The Morgan fingerprint density at radius 1 is 1.53 bits per heavy atom. The molecule has 0 aliphatic carbocycles. The average Bonchev–Trinajstić information content (AvgIpc) is 2.26. The molecule has 17 heavy (non-hydrogen) atoms. The molecule has 0 fully saturated rings. The van der Waals surface area contributed by atoms with E-state index < -0.39 is 23.2 Å². The second-order valence-corrected chi connectivity index (χ2v) is 4.27.